The Morgan fingerprint density at radius 3 is 2.28 bits per heavy atom. The highest BCUT2D eigenvalue weighted by molar-refractivity contribution is 7.88. The molecule has 1 atom stereocenters. The van der Waals surface area contributed by atoms with E-state index >= 15 is 0 Å². The second-order valence-corrected chi connectivity index (χ2v) is 8.88. The molecule has 156 valence electrons. The minimum absolute atomic E-state index is 0.00199. The fourth-order valence-corrected chi connectivity index (χ4v) is 3.36. The number of hydrogen-bond donors (Lipinski definition) is 2. The average molecular weight is 418 g/mol. The number of nitrogens with zero attached hydrogens (tertiary/aromatic N) is 1. The second kappa shape index (κ2) is 10.2. The highest BCUT2D eigenvalue weighted by Gasteiger charge is 2.22. The van der Waals surface area contributed by atoms with Crippen molar-refractivity contribution in [1.82, 2.24) is 9.62 Å². The Labute approximate surface area is 172 Å². The zero-order valence-corrected chi connectivity index (χ0v) is 17.7. The summed E-state index contributed by atoms with van der Waals surface area (Å²) < 4.78 is 25.4. The first-order chi connectivity index (χ1) is 13.7. The Hall–Kier alpha value is -2.71. The zero-order valence-electron chi connectivity index (χ0n) is 16.9. The third-order valence-electron chi connectivity index (χ3n) is 4.43. The van der Waals surface area contributed by atoms with E-state index in [0.29, 0.717) is 11.3 Å². The van der Waals surface area contributed by atoms with E-state index in [-0.39, 0.29) is 25.0 Å². The van der Waals surface area contributed by atoms with Gasteiger partial charge in [0.15, 0.2) is 0 Å². The molecule has 2 amide bonds. The summed E-state index contributed by atoms with van der Waals surface area (Å²) in [5.41, 5.74) is 1.45. The van der Waals surface area contributed by atoms with Gasteiger partial charge in [0, 0.05) is 12.6 Å². The summed E-state index contributed by atoms with van der Waals surface area (Å²) in [5.74, 6) is -0.811. The number of benzene rings is 2. The van der Waals surface area contributed by atoms with E-state index in [0.717, 1.165) is 22.5 Å². The van der Waals surface area contributed by atoms with Crippen molar-refractivity contribution in [2.24, 2.45) is 0 Å². The number of carbonyl (C=O) groups is 2. The van der Waals surface area contributed by atoms with Gasteiger partial charge in [0.05, 0.1) is 24.1 Å². The lowest BCUT2D eigenvalue weighted by Gasteiger charge is -2.20. The molecule has 2 aromatic rings. The van der Waals surface area contributed by atoms with Gasteiger partial charge >= 0.3 is 0 Å². The van der Waals surface area contributed by atoms with Gasteiger partial charge in [0.1, 0.15) is 0 Å². The van der Waals surface area contributed by atoms with Crippen LogP contribution in [0.2, 0.25) is 0 Å². The molecule has 29 heavy (non-hydrogen) atoms. The van der Waals surface area contributed by atoms with Crippen molar-refractivity contribution in [2.45, 2.75) is 32.9 Å². The van der Waals surface area contributed by atoms with Gasteiger partial charge in [-0.1, -0.05) is 49.4 Å². The molecule has 0 aliphatic heterocycles. The lowest BCUT2D eigenvalue weighted by Crippen LogP contribution is -2.37. The van der Waals surface area contributed by atoms with Gasteiger partial charge in [-0.25, -0.2) is 8.42 Å². The number of para-hydroxylation sites is 1. The average Bonchev–Trinajstić information content (AvgIpc) is 2.67. The Morgan fingerprint density at radius 1 is 1.03 bits per heavy atom. The number of amides is 2. The van der Waals surface area contributed by atoms with E-state index < -0.39 is 15.9 Å². The number of sulfonamides is 1. The van der Waals surface area contributed by atoms with Crippen LogP contribution in [0.4, 0.5) is 5.69 Å². The number of carbonyl (C=O) groups excluding carboxylic acids is 2. The molecule has 0 spiro atoms. The smallest absolute Gasteiger partial charge is 0.253 e. The summed E-state index contributed by atoms with van der Waals surface area (Å²) in [4.78, 5) is 25.0. The zero-order chi connectivity index (χ0) is 21.4. The van der Waals surface area contributed by atoms with Crippen LogP contribution in [0.15, 0.2) is 54.6 Å². The lowest BCUT2D eigenvalue weighted by atomic mass is 10.1. The summed E-state index contributed by atoms with van der Waals surface area (Å²) in [5, 5.41) is 5.53. The second-order valence-electron chi connectivity index (χ2n) is 6.89. The molecule has 2 N–H and O–H groups in total. The summed E-state index contributed by atoms with van der Waals surface area (Å²) in [6.07, 6.45) is 1.85. The molecule has 1 unspecified atom stereocenters. The molecule has 0 saturated heterocycles. The van der Waals surface area contributed by atoms with Crippen molar-refractivity contribution in [1.29, 1.82) is 0 Å². The van der Waals surface area contributed by atoms with Crippen molar-refractivity contribution in [3.63, 3.8) is 0 Å². The van der Waals surface area contributed by atoms with Crippen LogP contribution in [-0.4, -0.2) is 43.4 Å². The van der Waals surface area contributed by atoms with E-state index in [1.165, 1.54) is 0 Å². The quantitative estimate of drug-likeness (QED) is 0.656. The summed E-state index contributed by atoms with van der Waals surface area (Å²) in [6.45, 7) is 3.59. The van der Waals surface area contributed by atoms with Crippen LogP contribution in [0.3, 0.4) is 0 Å². The lowest BCUT2D eigenvalue weighted by molar-refractivity contribution is -0.116. The molecular formula is C21H27N3O4S. The van der Waals surface area contributed by atoms with Crippen LogP contribution in [0, 0.1) is 0 Å². The molecule has 8 heteroatoms. The van der Waals surface area contributed by atoms with Crippen molar-refractivity contribution in [3.8, 4) is 0 Å². The third kappa shape index (κ3) is 6.99. The van der Waals surface area contributed by atoms with Gasteiger partial charge in [0.25, 0.3) is 5.91 Å². The molecule has 2 rings (SSSR count). The van der Waals surface area contributed by atoms with Crippen LogP contribution in [0.5, 0.6) is 0 Å². The van der Waals surface area contributed by atoms with Gasteiger partial charge in [-0.3, -0.25) is 9.59 Å². The van der Waals surface area contributed by atoms with Gasteiger partial charge in [0.2, 0.25) is 15.9 Å². The monoisotopic (exact) mass is 417 g/mol. The van der Waals surface area contributed by atoms with Crippen molar-refractivity contribution in [2.75, 3.05) is 18.1 Å². The van der Waals surface area contributed by atoms with E-state index in [4.69, 9.17) is 0 Å². The number of anilines is 1. The summed E-state index contributed by atoms with van der Waals surface area (Å²) >= 11 is 0. The summed E-state index contributed by atoms with van der Waals surface area (Å²) in [7, 11) is -3.60. The van der Waals surface area contributed by atoms with Crippen LogP contribution in [-0.2, 0) is 21.4 Å². The fourth-order valence-electron chi connectivity index (χ4n) is 2.62. The molecule has 0 fully saturated rings. The number of rotatable bonds is 9. The Kier molecular flexibility index (Phi) is 7.92. The minimum Gasteiger partial charge on any atom is -0.350 e. The molecule has 7 nitrogen and oxygen atoms in total. The highest BCUT2D eigenvalue weighted by Crippen LogP contribution is 2.16. The van der Waals surface area contributed by atoms with Crippen LogP contribution >= 0.6 is 0 Å². The molecule has 0 aliphatic carbocycles. The van der Waals surface area contributed by atoms with Crippen molar-refractivity contribution in [3.05, 3.63) is 65.7 Å². The first-order valence-corrected chi connectivity index (χ1v) is 11.2. The SMILES string of the molecule is CCC(C)NC(=O)c1ccccc1NC(=O)CN(Cc1ccccc1)S(C)(=O)=O. The first kappa shape index (κ1) is 22.6. The van der Waals surface area contributed by atoms with Crippen LogP contribution in [0.25, 0.3) is 0 Å². The molecule has 0 heterocycles. The van der Waals surface area contributed by atoms with Crippen molar-refractivity contribution >= 4 is 27.5 Å². The summed E-state index contributed by atoms with van der Waals surface area (Å²) in [6, 6.07) is 15.7. The van der Waals surface area contributed by atoms with Gasteiger partial charge in [-0.05, 0) is 31.0 Å². The van der Waals surface area contributed by atoms with Gasteiger partial charge in [-0.15, -0.1) is 0 Å². The fraction of sp³-hybridized carbons (Fsp3) is 0.333. The molecule has 0 bridgehead atoms. The molecule has 2 aromatic carbocycles. The Morgan fingerprint density at radius 2 is 1.66 bits per heavy atom. The third-order valence-corrected chi connectivity index (χ3v) is 5.62. The maximum atomic E-state index is 12.6. The van der Waals surface area contributed by atoms with Gasteiger partial charge < -0.3 is 10.6 Å². The van der Waals surface area contributed by atoms with Crippen LogP contribution in [0.1, 0.15) is 36.2 Å². The van der Waals surface area contributed by atoms with E-state index in [1.807, 2.05) is 32.0 Å². The topological polar surface area (TPSA) is 95.6 Å². The minimum atomic E-state index is -3.60. The Balaban J connectivity index is 2.13. The van der Waals surface area contributed by atoms with E-state index in [9.17, 15) is 18.0 Å². The maximum absolute atomic E-state index is 12.6. The maximum Gasteiger partial charge on any atom is 0.253 e. The number of nitrogens with one attached hydrogen (secondary N) is 2. The number of hydrogen-bond acceptors (Lipinski definition) is 4. The normalized spacial score (nSPS) is 12.4. The molecule has 0 saturated carbocycles. The standard InChI is InChI=1S/C21H27N3O4S/c1-4-16(2)22-21(26)18-12-8-9-13-19(18)23-20(25)15-24(29(3,27)28)14-17-10-6-5-7-11-17/h5-13,16H,4,14-15H2,1-3H3,(H,22,26)(H,23,25). The molecule has 0 aliphatic rings. The predicted octanol–water partition coefficient (Wildman–Crippen LogP) is 2.62. The first-order valence-electron chi connectivity index (χ1n) is 9.39. The molecule has 0 aromatic heterocycles. The highest BCUT2D eigenvalue weighted by atomic mass is 32.2. The van der Waals surface area contributed by atoms with Crippen LogP contribution < -0.4 is 10.6 Å². The molecular weight excluding hydrogens is 390 g/mol. The van der Waals surface area contributed by atoms with E-state index in [2.05, 4.69) is 10.6 Å². The molecule has 0 radical (unpaired) electrons. The van der Waals surface area contributed by atoms with Gasteiger partial charge in [-0.2, -0.15) is 4.31 Å². The van der Waals surface area contributed by atoms with E-state index in [1.54, 1.807) is 36.4 Å². The Bertz CT molecular complexity index is 945. The van der Waals surface area contributed by atoms with Crippen molar-refractivity contribution < 1.29 is 18.0 Å². The predicted molar refractivity (Wildman–Crippen MR) is 114 cm³/mol. The largest absolute Gasteiger partial charge is 0.350 e.